The van der Waals surface area contributed by atoms with Gasteiger partial charge in [-0.05, 0) is 158 Å². The number of carboxylic acids is 1. The Bertz CT molecular complexity index is 2390. The van der Waals surface area contributed by atoms with Gasteiger partial charge in [-0.15, -0.1) is 0 Å². The Hall–Kier alpha value is -4.87. The molecular weight excluding hydrogens is 993 g/mol. The minimum Gasteiger partial charge on any atom is -0.481 e. The van der Waals surface area contributed by atoms with Crippen LogP contribution in [0.1, 0.15) is 139 Å². The van der Waals surface area contributed by atoms with E-state index in [0.717, 1.165) is 37.5 Å². The second-order valence-electron chi connectivity index (χ2n) is 26.3. The summed E-state index contributed by atoms with van der Waals surface area (Å²) >= 11 is 0. The summed E-state index contributed by atoms with van der Waals surface area (Å²) in [7, 11) is 0. The van der Waals surface area contributed by atoms with Gasteiger partial charge in [0.2, 0.25) is 0 Å². The molecule has 4 saturated heterocycles. The molecule has 13 unspecified atom stereocenters. The lowest BCUT2D eigenvalue weighted by Crippen LogP contribution is -2.59. The van der Waals surface area contributed by atoms with Crippen LogP contribution in [0.3, 0.4) is 0 Å². The van der Waals surface area contributed by atoms with E-state index in [2.05, 4.69) is 54.0 Å². The topological polar surface area (TPSA) is 223 Å². The monoisotopic (exact) mass is 1070 g/mol. The normalized spacial score (nSPS) is 41.6. The third-order valence-corrected chi connectivity index (χ3v) is 19.2. The summed E-state index contributed by atoms with van der Waals surface area (Å²) in [4.78, 5) is 81.4. The van der Waals surface area contributed by atoms with Crippen molar-refractivity contribution in [1.29, 1.82) is 0 Å². The number of carboxylic acid groups (broad SMARTS) is 1. The molecule has 17 nitrogen and oxygen atoms in total. The summed E-state index contributed by atoms with van der Waals surface area (Å²) in [5, 5.41) is 9.27. The number of hydrogen-bond donors (Lipinski definition) is 1. The molecule has 10 saturated carbocycles. The van der Waals surface area contributed by atoms with Crippen LogP contribution in [0, 0.1) is 76.4 Å². The Kier molecular flexibility index (Phi) is 16.0. The molecule has 1 N–H and O–H groups in total. The molecule has 17 heteroatoms. The molecule has 424 valence electrons. The van der Waals surface area contributed by atoms with E-state index in [1.165, 1.54) is 51.9 Å². The van der Waals surface area contributed by atoms with E-state index in [1.807, 2.05) is 0 Å². The molecular formula is C60H82O17. The van der Waals surface area contributed by atoms with Crippen LogP contribution in [-0.4, -0.2) is 114 Å². The zero-order chi connectivity index (χ0) is 55.8. The summed E-state index contributed by atoms with van der Waals surface area (Å²) in [5.74, 6) is -0.557. The fourth-order valence-electron chi connectivity index (χ4n) is 16.4. The van der Waals surface area contributed by atoms with Crippen LogP contribution in [0.15, 0.2) is 48.6 Å². The van der Waals surface area contributed by atoms with E-state index < -0.39 is 60.1 Å². The van der Waals surface area contributed by atoms with E-state index in [-0.39, 0.29) is 76.2 Å². The van der Waals surface area contributed by atoms with E-state index >= 15 is 0 Å². The van der Waals surface area contributed by atoms with E-state index in [9.17, 15) is 38.7 Å². The van der Waals surface area contributed by atoms with Gasteiger partial charge < -0.3 is 47.7 Å². The standard InChI is InChI=1S/C20H32O4.C16H24O2.C13H14O6.C11H12O5/c1-13(2)18(21)24-17-15-6-14-7-16(17)10-20(8-14,9-15)23-12-22-11-19(3,4)5;1-4-16(18-15(17)10(2)3)13-6-11-5-12(8-13)9-14(16)7-11;1-4(2)12(16)18-9-5-3-6-8(7(5)11(14)15)13(17)19-10(6)9;1-4(2)10(12)15-8-6-3-5-7(14-6)9(8)16-11(5)13/h14-17H,1,6-12H2,2-5H3;11-14H,2,4-9H2,1,3H3;5-10H,1,3H2,2H3,(H,14,15);5-9H,1,3H2,2H3. The van der Waals surface area contributed by atoms with Gasteiger partial charge in [0.05, 0.1) is 36.1 Å². The van der Waals surface area contributed by atoms with E-state index in [1.54, 1.807) is 20.8 Å². The van der Waals surface area contributed by atoms with Gasteiger partial charge in [-0.2, -0.15) is 0 Å². The van der Waals surface area contributed by atoms with Crippen molar-refractivity contribution in [2.45, 2.75) is 193 Å². The van der Waals surface area contributed by atoms with Gasteiger partial charge >= 0.3 is 41.8 Å². The van der Waals surface area contributed by atoms with Gasteiger partial charge in [0.1, 0.15) is 36.8 Å². The first-order chi connectivity index (χ1) is 36.2. The highest BCUT2D eigenvalue weighted by molar-refractivity contribution is 5.89. The van der Waals surface area contributed by atoms with Crippen LogP contribution in [0.5, 0.6) is 0 Å². The molecule has 0 aromatic heterocycles. The zero-order valence-electron chi connectivity index (χ0n) is 46.4. The van der Waals surface area contributed by atoms with Crippen molar-refractivity contribution in [2.75, 3.05) is 13.4 Å². The molecule has 0 radical (unpaired) electrons. The maximum Gasteiger partial charge on any atom is 0.333 e. The Morgan fingerprint density at radius 1 is 0.623 bits per heavy atom. The van der Waals surface area contributed by atoms with Gasteiger partial charge in [0.25, 0.3) is 0 Å². The van der Waals surface area contributed by atoms with Gasteiger partial charge in [-0.25, -0.2) is 19.2 Å². The molecule has 0 aromatic rings. The first-order valence-corrected chi connectivity index (χ1v) is 28.2. The Labute approximate surface area is 452 Å². The van der Waals surface area contributed by atoms with Gasteiger partial charge in [0, 0.05) is 34.1 Å². The summed E-state index contributed by atoms with van der Waals surface area (Å²) in [5.41, 5.74) is 1.55. The maximum absolute atomic E-state index is 12.0. The van der Waals surface area contributed by atoms with Crippen molar-refractivity contribution in [2.24, 2.45) is 76.4 Å². The Balaban J connectivity index is 0.000000126. The summed E-state index contributed by atoms with van der Waals surface area (Å²) in [6.07, 6.45) is 11.8. The minimum absolute atomic E-state index is 0.0537. The second-order valence-corrected chi connectivity index (χ2v) is 26.3. The number of esters is 6. The lowest BCUT2D eigenvalue weighted by molar-refractivity contribution is -0.239. The molecule has 14 aliphatic rings. The fraction of sp³-hybridized carbons (Fsp3) is 0.750. The first-order valence-electron chi connectivity index (χ1n) is 28.2. The SMILES string of the molecule is C=C(C)C(=O)OC1(CC)C2CC3CC(C2)CC1C3.C=C(C)C(=O)OC1C2CC3C(=O)OC1C3O2.C=C(C)C(=O)OC1C2CC3C1OC(=O)C3C2C(=O)O.C=C(C)C(=O)OC1C2CC3CC1CC(OCOCC(C)(C)C)(C3)C2. The average Bonchev–Trinajstić information content (AvgIpc) is 4.19. The number of ether oxygens (including phenoxy) is 9. The molecule has 14 fully saturated rings. The lowest BCUT2D eigenvalue weighted by atomic mass is 9.49. The molecule has 13 atom stereocenters. The average molecular weight is 1080 g/mol. The van der Waals surface area contributed by atoms with Crippen molar-refractivity contribution in [3.05, 3.63) is 48.6 Å². The van der Waals surface area contributed by atoms with Crippen LogP contribution in [-0.2, 0) is 76.2 Å². The lowest BCUT2D eigenvalue weighted by Gasteiger charge is -2.60. The predicted octanol–water partition coefficient (Wildman–Crippen LogP) is 8.35. The van der Waals surface area contributed by atoms with Crippen molar-refractivity contribution in [3.63, 3.8) is 0 Å². The predicted molar refractivity (Wildman–Crippen MR) is 275 cm³/mol. The van der Waals surface area contributed by atoms with Crippen LogP contribution in [0.2, 0.25) is 0 Å². The molecule has 4 aliphatic heterocycles. The molecule has 77 heavy (non-hydrogen) atoms. The number of hydrogen-bond acceptors (Lipinski definition) is 16. The first kappa shape index (κ1) is 56.8. The summed E-state index contributed by atoms with van der Waals surface area (Å²) in [6, 6.07) is 0. The van der Waals surface area contributed by atoms with Gasteiger partial charge in [-0.3, -0.25) is 14.4 Å². The molecule has 10 aliphatic carbocycles. The third-order valence-electron chi connectivity index (χ3n) is 19.2. The molecule has 14 rings (SSSR count). The van der Waals surface area contributed by atoms with Crippen LogP contribution in [0.4, 0.5) is 0 Å². The molecule has 12 bridgehead atoms. The van der Waals surface area contributed by atoms with Crippen molar-refractivity contribution in [1.82, 2.24) is 0 Å². The maximum atomic E-state index is 12.0. The number of rotatable bonds is 14. The third kappa shape index (κ3) is 11.1. The van der Waals surface area contributed by atoms with Crippen molar-refractivity contribution < 1.29 is 81.3 Å². The molecule has 4 heterocycles. The number of carbonyl (C=O) groups is 7. The van der Waals surface area contributed by atoms with Crippen LogP contribution >= 0.6 is 0 Å². The van der Waals surface area contributed by atoms with Gasteiger partial charge in [-0.1, -0.05) is 54.0 Å². The molecule has 0 amide bonds. The highest BCUT2D eigenvalue weighted by Crippen LogP contribution is 2.62. The number of fused-ring (bicyclic) bond motifs is 2. The summed E-state index contributed by atoms with van der Waals surface area (Å²) in [6.45, 7) is 30.8. The van der Waals surface area contributed by atoms with Crippen molar-refractivity contribution >= 4 is 41.8 Å². The minimum atomic E-state index is -1.02. The largest absolute Gasteiger partial charge is 0.481 e. The number of carbonyl (C=O) groups excluding carboxylic acids is 6. The summed E-state index contributed by atoms with van der Waals surface area (Å²) < 4.78 is 50.2. The Morgan fingerprint density at radius 2 is 1.16 bits per heavy atom. The smallest absolute Gasteiger partial charge is 0.333 e. The quantitative estimate of drug-likeness (QED) is 0.0567. The molecule has 0 spiro atoms. The van der Waals surface area contributed by atoms with Crippen molar-refractivity contribution in [3.8, 4) is 0 Å². The van der Waals surface area contributed by atoms with Crippen LogP contribution < -0.4 is 0 Å². The highest BCUT2D eigenvalue weighted by Gasteiger charge is 2.70. The zero-order valence-corrected chi connectivity index (χ0v) is 46.4. The fourth-order valence-corrected chi connectivity index (χ4v) is 16.4. The Morgan fingerprint density at radius 3 is 1.68 bits per heavy atom. The highest BCUT2D eigenvalue weighted by atomic mass is 16.7. The molecule has 0 aromatic carbocycles. The van der Waals surface area contributed by atoms with E-state index in [4.69, 9.17) is 42.6 Å². The van der Waals surface area contributed by atoms with Gasteiger partial charge in [0.15, 0.2) is 12.2 Å². The van der Waals surface area contributed by atoms with E-state index in [0.29, 0.717) is 72.6 Å². The van der Waals surface area contributed by atoms with Crippen LogP contribution in [0.25, 0.3) is 0 Å². The number of aliphatic carboxylic acids is 1. The second kappa shape index (κ2) is 21.6.